The van der Waals surface area contributed by atoms with Crippen molar-refractivity contribution in [1.82, 2.24) is 10.9 Å². The van der Waals surface area contributed by atoms with Gasteiger partial charge in [0, 0.05) is 12.8 Å². The van der Waals surface area contributed by atoms with Crippen molar-refractivity contribution >= 4 is 23.2 Å². The van der Waals surface area contributed by atoms with E-state index in [-0.39, 0.29) is 11.0 Å². The van der Waals surface area contributed by atoms with Crippen LogP contribution in [0, 0.1) is 0 Å². The maximum atomic E-state index is 11.1. The second-order valence-corrected chi connectivity index (χ2v) is 3.06. The molecule has 4 N–H and O–H groups in total. The smallest absolute Gasteiger partial charge is 0.238 e. The van der Waals surface area contributed by atoms with Gasteiger partial charge in [0.25, 0.3) is 0 Å². The van der Waals surface area contributed by atoms with E-state index in [1.54, 1.807) is 12.3 Å². The van der Waals surface area contributed by atoms with Crippen LogP contribution in [0.4, 0.5) is 0 Å². The minimum atomic E-state index is -0.186. The lowest BCUT2D eigenvalue weighted by molar-refractivity contribution is -0.121. The third kappa shape index (κ3) is 3.90. The molecule has 0 unspecified atom stereocenters. The number of thiocarbonyl (C=S) groups is 1. The summed E-state index contributed by atoms with van der Waals surface area (Å²) < 4.78 is 5.06. The Hall–Kier alpha value is -1.56. The quantitative estimate of drug-likeness (QED) is 0.489. The van der Waals surface area contributed by atoms with Gasteiger partial charge < -0.3 is 10.2 Å². The Morgan fingerprint density at radius 1 is 1.57 bits per heavy atom. The SMILES string of the molecule is NC(=S)NNC(=O)CCc1ccco1. The third-order valence-electron chi connectivity index (χ3n) is 1.50. The number of amides is 1. The van der Waals surface area contributed by atoms with Gasteiger partial charge >= 0.3 is 0 Å². The van der Waals surface area contributed by atoms with Crippen molar-refractivity contribution in [2.24, 2.45) is 5.73 Å². The molecule has 0 fully saturated rings. The summed E-state index contributed by atoms with van der Waals surface area (Å²) in [5.74, 6) is 0.588. The zero-order chi connectivity index (χ0) is 10.4. The molecule has 1 amide bonds. The first kappa shape index (κ1) is 10.5. The van der Waals surface area contributed by atoms with E-state index in [1.807, 2.05) is 6.07 Å². The van der Waals surface area contributed by atoms with Gasteiger partial charge in [0.1, 0.15) is 5.76 Å². The summed E-state index contributed by atoms with van der Waals surface area (Å²) in [6, 6.07) is 3.59. The van der Waals surface area contributed by atoms with Crippen LogP contribution in [0.5, 0.6) is 0 Å². The molecular weight excluding hydrogens is 202 g/mol. The van der Waals surface area contributed by atoms with Gasteiger partial charge in [0.05, 0.1) is 6.26 Å². The number of furan rings is 1. The fraction of sp³-hybridized carbons (Fsp3) is 0.250. The molecule has 0 aliphatic carbocycles. The number of carbonyl (C=O) groups excluding carboxylic acids is 1. The highest BCUT2D eigenvalue weighted by Crippen LogP contribution is 2.02. The molecular formula is C8H11N3O2S. The Balaban J connectivity index is 2.18. The van der Waals surface area contributed by atoms with Gasteiger partial charge in [-0.2, -0.15) is 0 Å². The van der Waals surface area contributed by atoms with Crippen molar-refractivity contribution in [3.63, 3.8) is 0 Å². The van der Waals surface area contributed by atoms with Crippen molar-refractivity contribution in [1.29, 1.82) is 0 Å². The number of aryl methyl sites for hydroxylation is 1. The van der Waals surface area contributed by atoms with Crippen molar-refractivity contribution in [2.75, 3.05) is 0 Å². The molecule has 1 aromatic heterocycles. The van der Waals surface area contributed by atoms with E-state index in [1.165, 1.54) is 0 Å². The molecule has 0 aliphatic rings. The van der Waals surface area contributed by atoms with E-state index >= 15 is 0 Å². The van der Waals surface area contributed by atoms with Gasteiger partial charge in [-0.3, -0.25) is 15.6 Å². The average molecular weight is 213 g/mol. The highest BCUT2D eigenvalue weighted by Gasteiger charge is 2.02. The Morgan fingerprint density at radius 2 is 2.36 bits per heavy atom. The molecule has 0 aliphatic heterocycles. The molecule has 0 saturated carbocycles. The normalized spacial score (nSPS) is 9.43. The second kappa shape index (κ2) is 5.23. The third-order valence-corrected chi connectivity index (χ3v) is 1.61. The predicted molar refractivity (Wildman–Crippen MR) is 55.1 cm³/mol. The summed E-state index contributed by atoms with van der Waals surface area (Å²) in [7, 11) is 0. The first-order valence-corrected chi connectivity index (χ1v) is 4.46. The van der Waals surface area contributed by atoms with Crippen molar-refractivity contribution < 1.29 is 9.21 Å². The van der Waals surface area contributed by atoms with Crippen molar-refractivity contribution in [3.05, 3.63) is 24.2 Å². The van der Waals surface area contributed by atoms with Crippen LogP contribution in [0.25, 0.3) is 0 Å². The largest absolute Gasteiger partial charge is 0.469 e. The molecule has 6 heteroatoms. The molecule has 1 heterocycles. The molecule has 0 atom stereocenters. The predicted octanol–water partition coefficient (Wildman–Crippen LogP) is 0.0766. The van der Waals surface area contributed by atoms with Crippen molar-refractivity contribution in [3.8, 4) is 0 Å². The summed E-state index contributed by atoms with van der Waals surface area (Å²) in [6.45, 7) is 0. The standard InChI is InChI=1S/C8H11N3O2S/c9-8(14)11-10-7(12)4-3-6-2-1-5-13-6/h1-2,5H,3-4H2,(H,10,12)(H3,9,11,14). The summed E-state index contributed by atoms with van der Waals surface area (Å²) >= 11 is 4.51. The lowest BCUT2D eigenvalue weighted by atomic mass is 10.2. The molecule has 1 rings (SSSR count). The molecule has 14 heavy (non-hydrogen) atoms. The summed E-state index contributed by atoms with van der Waals surface area (Å²) in [5.41, 5.74) is 9.82. The first-order chi connectivity index (χ1) is 6.68. The number of nitrogens with two attached hydrogens (primary N) is 1. The van der Waals surface area contributed by atoms with E-state index in [0.29, 0.717) is 12.8 Å². The van der Waals surface area contributed by atoms with Gasteiger partial charge in [-0.15, -0.1) is 0 Å². The van der Waals surface area contributed by atoms with E-state index in [0.717, 1.165) is 5.76 Å². The molecule has 5 nitrogen and oxygen atoms in total. The highest BCUT2D eigenvalue weighted by molar-refractivity contribution is 7.80. The molecule has 0 saturated heterocycles. The van der Waals surface area contributed by atoms with Gasteiger partial charge in [-0.25, -0.2) is 0 Å². The molecule has 76 valence electrons. The topological polar surface area (TPSA) is 80.3 Å². The minimum absolute atomic E-state index is 0.0383. The highest BCUT2D eigenvalue weighted by atomic mass is 32.1. The van der Waals surface area contributed by atoms with E-state index in [4.69, 9.17) is 10.2 Å². The lowest BCUT2D eigenvalue weighted by Gasteiger charge is -2.04. The zero-order valence-corrected chi connectivity index (χ0v) is 8.26. The van der Waals surface area contributed by atoms with E-state index in [9.17, 15) is 4.79 Å². The Kier molecular flexibility index (Phi) is 3.93. The maximum Gasteiger partial charge on any atom is 0.238 e. The first-order valence-electron chi connectivity index (χ1n) is 4.05. The molecule has 0 bridgehead atoms. The van der Waals surface area contributed by atoms with Crippen molar-refractivity contribution in [2.45, 2.75) is 12.8 Å². The van der Waals surface area contributed by atoms with Gasteiger partial charge in [-0.05, 0) is 24.4 Å². The summed E-state index contributed by atoms with van der Waals surface area (Å²) in [6.07, 6.45) is 2.45. The molecule has 0 radical (unpaired) electrons. The molecule has 0 aromatic carbocycles. The van der Waals surface area contributed by atoms with Crippen LogP contribution in [0.3, 0.4) is 0 Å². The number of hydrogen-bond acceptors (Lipinski definition) is 3. The lowest BCUT2D eigenvalue weighted by Crippen LogP contribution is -2.44. The van der Waals surface area contributed by atoms with Crippen LogP contribution < -0.4 is 16.6 Å². The molecule has 1 aromatic rings. The monoisotopic (exact) mass is 213 g/mol. The summed E-state index contributed by atoms with van der Waals surface area (Å²) in [4.78, 5) is 11.1. The molecule has 0 spiro atoms. The maximum absolute atomic E-state index is 11.1. The number of hydrogen-bond donors (Lipinski definition) is 3. The Morgan fingerprint density at radius 3 is 2.93 bits per heavy atom. The van der Waals surface area contributed by atoms with Gasteiger partial charge in [0.2, 0.25) is 5.91 Å². The fourth-order valence-corrected chi connectivity index (χ4v) is 0.936. The van der Waals surface area contributed by atoms with Gasteiger partial charge in [-0.1, -0.05) is 0 Å². The fourth-order valence-electron chi connectivity index (χ4n) is 0.885. The van der Waals surface area contributed by atoms with Gasteiger partial charge in [0.15, 0.2) is 5.11 Å². The van der Waals surface area contributed by atoms with Crippen LogP contribution in [-0.2, 0) is 11.2 Å². The Bertz CT molecular complexity index is 310. The van der Waals surface area contributed by atoms with Crippen LogP contribution >= 0.6 is 12.2 Å². The van der Waals surface area contributed by atoms with Crippen LogP contribution in [0.1, 0.15) is 12.2 Å². The van der Waals surface area contributed by atoms with E-state index in [2.05, 4.69) is 23.1 Å². The van der Waals surface area contributed by atoms with Crippen LogP contribution in [0.15, 0.2) is 22.8 Å². The second-order valence-electron chi connectivity index (χ2n) is 2.62. The summed E-state index contributed by atoms with van der Waals surface area (Å²) in [5, 5.41) is 0.0383. The van der Waals surface area contributed by atoms with Crippen LogP contribution in [0.2, 0.25) is 0 Å². The number of carbonyl (C=O) groups is 1. The van der Waals surface area contributed by atoms with Crippen LogP contribution in [-0.4, -0.2) is 11.0 Å². The number of nitrogens with one attached hydrogen (secondary N) is 2. The number of rotatable bonds is 3. The Labute approximate surface area is 86.6 Å². The average Bonchev–Trinajstić information content (AvgIpc) is 2.63. The van der Waals surface area contributed by atoms with E-state index < -0.39 is 0 Å². The minimum Gasteiger partial charge on any atom is -0.469 e. The zero-order valence-electron chi connectivity index (χ0n) is 7.45. The number of hydrazine groups is 1.